The highest BCUT2D eigenvalue weighted by molar-refractivity contribution is 6.34. The number of hydrogen-bond donors (Lipinski definition) is 4. The van der Waals surface area contributed by atoms with Gasteiger partial charge in [0.15, 0.2) is 6.19 Å². The maximum Gasteiger partial charge on any atom is 0.211 e. The van der Waals surface area contributed by atoms with E-state index in [1.807, 2.05) is 13.0 Å². The molecule has 0 fully saturated rings. The molecule has 2 heterocycles. The number of nitrogens with one attached hydrogen (secondary N) is 2. The topological polar surface area (TPSA) is 149 Å². The summed E-state index contributed by atoms with van der Waals surface area (Å²) in [5, 5.41) is 24.4. The van der Waals surface area contributed by atoms with Crippen molar-refractivity contribution in [2.75, 3.05) is 16.8 Å². The van der Waals surface area contributed by atoms with E-state index in [0.29, 0.717) is 21.2 Å². The minimum absolute atomic E-state index is 0.0263. The van der Waals surface area contributed by atoms with Crippen molar-refractivity contribution in [1.29, 1.82) is 10.5 Å². The summed E-state index contributed by atoms with van der Waals surface area (Å²) in [5.74, 6) is 0.404. The van der Waals surface area contributed by atoms with Crippen LogP contribution in [-0.2, 0) is 0 Å². The molecule has 0 saturated heterocycles. The number of nitrogen functional groups attached to an aromatic ring is 2. The fourth-order valence-electron chi connectivity index (χ4n) is 2.76. The molecule has 26 heavy (non-hydrogen) atoms. The second-order valence-corrected chi connectivity index (χ2v) is 6.34. The number of guanidine groups is 1. The van der Waals surface area contributed by atoms with E-state index in [-0.39, 0.29) is 28.8 Å². The van der Waals surface area contributed by atoms with Crippen molar-refractivity contribution in [1.82, 2.24) is 10.3 Å². The van der Waals surface area contributed by atoms with Crippen LogP contribution in [0.4, 0.5) is 17.3 Å². The molecule has 0 saturated carbocycles. The second-order valence-electron chi connectivity index (χ2n) is 5.53. The van der Waals surface area contributed by atoms with Crippen molar-refractivity contribution in [3.8, 4) is 12.3 Å². The number of aliphatic imine (C=N–C) groups is 1. The number of nitrogens with zero attached hydrogens (tertiary/aromatic N) is 4. The van der Waals surface area contributed by atoms with Gasteiger partial charge in [-0.3, -0.25) is 5.32 Å². The highest BCUT2D eigenvalue weighted by Gasteiger charge is 2.31. The fourth-order valence-corrected chi connectivity index (χ4v) is 3.25. The van der Waals surface area contributed by atoms with Crippen molar-refractivity contribution in [3.05, 3.63) is 44.4 Å². The zero-order chi connectivity index (χ0) is 19.0. The summed E-state index contributed by atoms with van der Waals surface area (Å²) in [6.45, 7) is 1.81. The van der Waals surface area contributed by atoms with Gasteiger partial charge in [-0.05, 0) is 24.6 Å². The van der Waals surface area contributed by atoms with Crippen LogP contribution in [0.5, 0.6) is 0 Å². The molecule has 6 N–H and O–H groups in total. The monoisotopic (exact) mass is 386 g/mol. The standard InChI is InChI=1S/C16H12Cl2N8/c1-6-2-7(17)3-8(11(6)18)13-10-12(21)9(4-19)14(22)25-15(10)26-16(24-13)23-5-20/h2-3,13H,1H3,(H6,21,22,23,24,25,26). The van der Waals surface area contributed by atoms with Crippen LogP contribution < -0.4 is 22.1 Å². The van der Waals surface area contributed by atoms with E-state index >= 15 is 0 Å². The van der Waals surface area contributed by atoms with Crippen LogP contribution in [0.3, 0.4) is 0 Å². The van der Waals surface area contributed by atoms with Crippen LogP contribution in [0.15, 0.2) is 17.1 Å². The Kier molecular flexibility index (Phi) is 4.47. The van der Waals surface area contributed by atoms with Crippen LogP contribution in [0.25, 0.3) is 0 Å². The average molecular weight is 387 g/mol. The Labute approximate surface area is 159 Å². The van der Waals surface area contributed by atoms with Gasteiger partial charge >= 0.3 is 0 Å². The number of halogens is 2. The number of aryl methyl sites for hydroxylation is 1. The number of rotatable bonds is 1. The molecule has 0 bridgehead atoms. The predicted molar refractivity (Wildman–Crippen MR) is 101 cm³/mol. The molecular weight excluding hydrogens is 375 g/mol. The maximum atomic E-state index is 9.33. The number of anilines is 3. The summed E-state index contributed by atoms with van der Waals surface area (Å²) in [4.78, 5) is 8.64. The Bertz CT molecular complexity index is 1030. The minimum atomic E-state index is -0.729. The molecule has 0 spiro atoms. The lowest BCUT2D eigenvalue weighted by Crippen LogP contribution is -2.32. The van der Waals surface area contributed by atoms with E-state index < -0.39 is 6.04 Å². The van der Waals surface area contributed by atoms with Crippen molar-refractivity contribution in [2.45, 2.75) is 13.0 Å². The number of pyridine rings is 1. The zero-order valence-electron chi connectivity index (χ0n) is 13.4. The van der Waals surface area contributed by atoms with Crippen molar-refractivity contribution < 1.29 is 0 Å². The molecule has 8 nitrogen and oxygen atoms in total. The summed E-state index contributed by atoms with van der Waals surface area (Å²) in [5.41, 5.74) is 13.9. The Morgan fingerprint density at radius 2 is 2.00 bits per heavy atom. The van der Waals surface area contributed by atoms with Gasteiger partial charge in [0.05, 0.1) is 5.69 Å². The van der Waals surface area contributed by atoms with Crippen LogP contribution in [-0.4, -0.2) is 10.9 Å². The lowest BCUT2D eigenvalue weighted by atomic mass is 9.94. The smallest absolute Gasteiger partial charge is 0.211 e. The van der Waals surface area contributed by atoms with E-state index in [2.05, 4.69) is 20.6 Å². The Morgan fingerprint density at radius 3 is 2.65 bits per heavy atom. The van der Waals surface area contributed by atoms with E-state index in [4.69, 9.17) is 39.9 Å². The Morgan fingerprint density at radius 1 is 1.27 bits per heavy atom. The first-order valence-corrected chi connectivity index (χ1v) is 8.07. The van der Waals surface area contributed by atoms with Gasteiger partial charge in [-0.2, -0.15) is 10.5 Å². The van der Waals surface area contributed by atoms with Crippen LogP contribution in [0, 0.1) is 29.7 Å². The molecule has 2 aromatic rings. The van der Waals surface area contributed by atoms with Gasteiger partial charge in [0.25, 0.3) is 0 Å². The van der Waals surface area contributed by atoms with Crippen LogP contribution in [0.2, 0.25) is 10.0 Å². The quantitative estimate of drug-likeness (QED) is 0.434. The molecule has 130 valence electrons. The largest absolute Gasteiger partial charge is 0.397 e. The van der Waals surface area contributed by atoms with E-state index in [0.717, 1.165) is 5.56 Å². The molecule has 1 aliphatic rings. The third-order valence-electron chi connectivity index (χ3n) is 3.90. The first-order chi connectivity index (χ1) is 12.4. The molecular formula is C16H12Cl2N8. The average Bonchev–Trinajstić information content (AvgIpc) is 2.58. The van der Waals surface area contributed by atoms with E-state index in [1.54, 1.807) is 18.3 Å². The number of aromatic nitrogens is 1. The summed E-state index contributed by atoms with van der Waals surface area (Å²) in [7, 11) is 0. The molecule has 0 amide bonds. The molecule has 3 rings (SSSR count). The molecule has 10 heteroatoms. The van der Waals surface area contributed by atoms with Crippen molar-refractivity contribution >= 4 is 46.5 Å². The summed E-state index contributed by atoms with van der Waals surface area (Å²) in [6, 6.07) is 4.59. The van der Waals surface area contributed by atoms with Gasteiger partial charge in [-0.25, -0.2) is 9.98 Å². The normalized spacial score (nSPS) is 15.1. The van der Waals surface area contributed by atoms with Gasteiger partial charge in [0.2, 0.25) is 5.96 Å². The highest BCUT2D eigenvalue weighted by atomic mass is 35.5. The van der Waals surface area contributed by atoms with Crippen molar-refractivity contribution in [2.24, 2.45) is 4.99 Å². The van der Waals surface area contributed by atoms with Crippen molar-refractivity contribution in [3.63, 3.8) is 0 Å². The molecule has 1 aliphatic heterocycles. The number of nitriles is 2. The molecule has 1 unspecified atom stereocenters. The second kappa shape index (κ2) is 6.60. The number of benzene rings is 1. The minimum Gasteiger partial charge on any atom is -0.397 e. The highest BCUT2D eigenvalue weighted by Crippen LogP contribution is 2.43. The Hall–Kier alpha value is -3.20. The zero-order valence-corrected chi connectivity index (χ0v) is 14.9. The summed E-state index contributed by atoms with van der Waals surface area (Å²) < 4.78 is 0. The first kappa shape index (κ1) is 17.6. The van der Waals surface area contributed by atoms with Crippen LogP contribution >= 0.6 is 23.2 Å². The Balaban J connectivity index is 2.32. The SMILES string of the molecule is Cc1cc(Cl)cc(C2N=C(NC#N)Nc3nc(N)c(C#N)c(N)c32)c1Cl. The van der Waals surface area contributed by atoms with Gasteiger partial charge in [-0.15, -0.1) is 0 Å². The first-order valence-electron chi connectivity index (χ1n) is 7.31. The van der Waals surface area contributed by atoms with Gasteiger partial charge in [-0.1, -0.05) is 23.2 Å². The third-order valence-corrected chi connectivity index (χ3v) is 4.63. The summed E-state index contributed by atoms with van der Waals surface area (Å²) in [6.07, 6.45) is 1.78. The van der Waals surface area contributed by atoms with Gasteiger partial charge in [0.1, 0.15) is 29.3 Å². The lowest BCUT2D eigenvalue weighted by molar-refractivity contribution is 0.845. The number of nitrogens with two attached hydrogens (primary N) is 2. The third kappa shape index (κ3) is 2.82. The van der Waals surface area contributed by atoms with Gasteiger partial charge in [0, 0.05) is 21.2 Å². The van der Waals surface area contributed by atoms with E-state index in [1.165, 1.54) is 0 Å². The maximum absolute atomic E-state index is 9.33. The predicted octanol–water partition coefficient (Wildman–Crippen LogP) is 2.67. The summed E-state index contributed by atoms with van der Waals surface area (Å²) >= 11 is 12.6. The molecule has 1 aromatic carbocycles. The number of fused-ring (bicyclic) bond motifs is 1. The molecule has 1 atom stereocenters. The van der Waals surface area contributed by atoms with Crippen LogP contribution in [0.1, 0.15) is 28.3 Å². The number of hydrogen-bond acceptors (Lipinski definition) is 8. The molecule has 0 radical (unpaired) electrons. The fraction of sp³-hybridized carbons (Fsp3) is 0.125. The lowest BCUT2D eigenvalue weighted by Gasteiger charge is -2.27. The molecule has 0 aliphatic carbocycles. The van der Waals surface area contributed by atoms with Gasteiger partial charge < -0.3 is 16.8 Å². The molecule has 1 aromatic heterocycles. The van der Waals surface area contributed by atoms with E-state index in [9.17, 15) is 5.26 Å².